The van der Waals surface area contributed by atoms with Gasteiger partial charge in [0.15, 0.2) is 11.6 Å². The average Bonchev–Trinajstić information content (AvgIpc) is 3.47. The van der Waals surface area contributed by atoms with E-state index < -0.39 is 5.41 Å². The van der Waals surface area contributed by atoms with Gasteiger partial charge in [0.2, 0.25) is 0 Å². The maximum absolute atomic E-state index is 10.9. The fourth-order valence-electron chi connectivity index (χ4n) is 7.74. The molecule has 5 nitrogen and oxygen atoms in total. The number of fused-ring (bicyclic) bond motifs is 4. The smallest absolute Gasteiger partial charge is 0.320 e. The molecule has 6 aromatic carbocycles. The topological polar surface area (TPSA) is 68.1 Å². The van der Waals surface area contributed by atoms with Crippen molar-refractivity contribution in [3.8, 4) is 45.7 Å². The van der Waals surface area contributed by atoms with Crippen molar-refractivity contribution in [2.24, 2.45) is 5.92 Å². The second kappa shape index (κ2) is 13.8. The summed E-state index contributed by atoms with van der Waals surface area (Å²) in [5.74, 6) is 1.39. The lowest BCUT2D eigenvalue weighted by Crippen LogP contribution is -2.28. The van der Waals surface area contributed by atoms with Crippen molar-refractivity contribution >= 4 is 10.8 Å². The van der Waals surface area contributed by atoms with Crippen molar-refractivity contribution in [3.63, 3.8) is 0 Å². The molecule has 1 aromatic heterocycles. The van der Waals surface area contributed by atoms with Gasteiger partial charge in [-0.2, -0.15) is 9.97 Å². The summed E-state index contributed by atoms with van der Waals surface area (Å²) >= 11 is 0. The first-order chi connectivity index (χ1) is 25.1. The van der Waals surface area contributed by atoms with E-state index in [4.69, 9.17) is 19.7 Å². The number of nitrogens with zero attached hydrogens (tertiary/aromatic N) is 3. The van der Waals surface area contributed by atoms with E-state index in [9.17, 15) is 5.11 Å². The number of phenolic OH excluding ortho intramolecular Hbond substituents is 1. The fourth-order valence-corrected chi connectivity index (χ4v) is 7.74. The molecule has 0 amide bonds. The SMILES string of the molecule is CCCCC(CC)COc1nc(-c2ccc3c(c2)C(c2ccccc2)(c2ccccc2)c2cc4ccccc4cc2-3)nc(-c2ccccc2O)n1. The lowest BCUT2D eigenvalue weighted by molar-refractivity contribution is 0.217. The number of hydrogen-bond donors (Lipinski definition) is 1. The Morgan fingerprint density at radius 1 is 0.608 bits per heavy atom. The van der Waals surface area contributed by atoms with Gasteiger partial charge in [0.05, 0.1) is 17.6 Å². The third kappa shape index (κ3) is 5.83. The van der Waals surface area contributed by atoms with Crippen LogP contribution in [0.1, 0.15) is 61.8 Å². The molecule has 1 unspecified atom stereocenters. The number of aromatic hydroxyl groups is 1. The van der Waals surface area contributed by atoms with E-state index in [1.165, 1.54) is 44.2 Å². The Labute approximate surface area is 299 Å². The Morgan fingerprint density at radius 2 is 1.24 bits per heavy atom. The molecule has 1 aliphatic rings. The van der Waals surface area contributed by atoms with Crippen molar-refractivity contribution in [3.05, 3.63) is 162 Å². The molecule has 8 rings (SSSR count). The van der Waals surface area contributed by atoms with Gasteiger partial charge in [0.1, 0.15) is 5.75 Å². The summed E-state index contributed by atoms with van der Waals surface area (Å²) in [6.07, 6.45) is 4.42. The quantitative estimate of drug-likeness (QED) is 0.149. The standard InChI is InChI=1S/C46H41N3O2/c1-3-5-16-31(4-2)30-51-45-48-43(47-44(49-45)38-23-14-15-24-42(38)50)34-25-26-37-39-27-32-17-12-13-18-33(32)28-41(39)46(40(37)29-34,35-19-8-6-9-20-35)36-21-10-7-11-22-36/h6-15,17-29,31,50H,3-5,16,30H2,1-2H3. The van der Waals surface area contributed by atoms with Crippen molar-refractivity contribution < 1.29 is 9.84 Å². The number of rotatable bonds is 11. The molecule has 0 bridgehead atoms. The molecule has 1 atom stereocenters. The van der Waals surface area contributed by atoms with Crippen LogP contribution in [0.4, 0.5) is 0 Å². The van der Waals surface area contributed by atoms with Crippen LogP contribution in [0.2, 0.25) is 0 Å². The summed E-state index contributed by atoms with van der Waals surface area (Å²) in [4.78, 5) is 14.6. The summed E-state index contributed by atoms with van der Waals surface area (Å²) < 4.78 is 6.34. The molecule has 5 heteroatoms. The third-order valence-corrected chi connectivity index (χ3v) is 10.4. The van der Waals surface area contributed by atoms with Crippen LogP contribution < -0.4 is 4.74 Å². The molecular weight excluding hydrogens is 627 g/mol. The predicted octanol–water partition coefficient (Wildman–Crippen LogP) is 11.0. The van der Waals surface area contributed by atoms with E-state index in [1.807, 2.05) is 12.1 Å². The van der Waals surface area contributed by atoms with Crippen molar-refractivity contribution in [2.45, 2.75) is 44.9 Å². The van der Waals surface area contributed by atoms with Gasteiger partial charge in [-0.1, -0.05) is 142 Å². The van der Waals surface area contributed by atoms with Crippen molar-refractivity contribution in [1.82, 2.24) is 15.0 Å². The highest BCUT2D eigenvalue weighted by atomic mass is 16.5. The Hall–Kier alpha value is -5.81. The summed E-state index contributed by atoms with van der Waals surface area (Å²) in [7, 11) is 0. The van der Waals surface area contributed by atoms with Gasteiger partial charge < -0.3 is 9.84 Å². The van der Waals surface area contributed by atoms with E-state index in [-0.39, 0.29) is 11.8 Å². The zero-order valence-corrected chi connectivity index (χ0v) is 29.1. The van der Waals surface area contributed by atoms with E-state index in [0.717, 1.165) is 31.2 Å². The van der Waals surface area contributed by atoms with Gasteiger partial charge in [-0.3, -0.25) is 0 Å². The van der Waals surface area contributed by atoms with E-state index in [0.29, 0.717) is 29.7 Å². The molecule has 0 saturated heterocycles. The zero-order chi connectivity index (χ0) is 34.8. The highest BCUT2D eigenvalue weighted by Gasteiger charge is 2.46. The molecule has 1 aliphatic carbocycles. The highest BCUT2D eigenvalue weighted by Crippen LogP contribution is 2.57. The largest absolute Gasteiger partial charge is 0.507 e. The zero-order valence-electron chi connectivity index (χ0n) is 29.1. The minimum atomic E-state index is -0.590. The number of benzene rings is 6. The molecule has 1 heterocycles. The lowest BCUT2D eigenvalue weighted by Gasteiger charge is -2.34. The highest BCUT2D eigenvalue weighted by molar-refractivity contribution is 5.96. The second-order valence-electron chi connectivity index (χ2n) is 13.5. The molecule has 0 fully saturated rings. The van der Waals surface area contributed by atoms with E-state index >= 15 is 0 Å². The maximum atomic E-state index is 10.9. The van der Waals surface area contributed by atoms with Crippen LogP contribution in [0.25, 0.3) is 44.7 Å². The monoisotopic (exact) mass is 667 g/mol. The Morgan fingerprint density at radius 3 is 1.92 bits per heavy atom. The predicted molar refractivity (Wildman–Crippen MR) is 206 cm³/mol. The van der Waals surface area contributed by atoms with E-state index in [1.54, 1.807) is 12.1 Å². The van der Waals surface area contributed by atoms with Gasteiger partial charge in [-0.25, -0.2) is 4.98 Å². The Kier molecular flexibility index (Phi) is 8.79. The maximum Gasteiger partial charge on any atom is 0.320 e. The van der Waals surface area contributed by atoms with Crippen LogP contribution in [0.3, 0.4) is 0 Å². The summed E-state index contributed by atoms with van der Waals surface area (Å²) in [6, 6.07) is 48.9. The van der Waals surface area contributed by atoms with Gasteiger partial charge in [0.25, 0.3) is 0 Å². The van der Waals surface area contributed by atoms with Crippen LogP contribution >= 0.6 is 0 Å². The second-order valence-corrected chi connectivity index (χ2v) is 13.5. The van der Waals surface area contributed by atoms with Crippen molar-refractivity contribution in [2.75, 3.05) is 6.61 Å². The molecule has 0 aliphatic heterocycles. The lowest BCUT2D eigenvalue weighted by atomic mass is 9.67. The number of aromatic nitrogens is 3. The van der Waals surface area contributed by atoms with Crippen LogP contribution in [0.5, 0.6) is 11.8 Å². The molecule has 51 heavy (non-hydrogen) atoms. The third-order valence-electron chi connectivity index (χ3n) is 10.4. The van der Waals surface area contributed by atoms with E-state index in [2.05, 4.69) is 129 Å². The first-order valence-electron chi connectivity index (χ1n) is 18.1. The summed E-state index contributed by atoms with van der Waals surface area (Å²) in [5.41, 5.74) is 7.99. The first kappa shape index (κ1) is 32.4. The molecule has 0 radical (unpaired) electrons. The van der Waals surface area contributed by atoms with Crippen LogP contribution in [0, 0.1) is 5.92 Å². The number of para-hydroxylation sites is 1. The first-order valence-corrected chi connectivity index (χ1v) is 18.1. The van der Waals surface area contributed by atoms with Crippen LogP contribution in [-0.4, -0.2) is 26.7 Å². The molecule has 252 valence electrons. The molecule has 7 aromatic rings. The molecular formula is C46H41N3O2. The minimum Gasteiger partial charge on any atom is -0.507 e. The number of hydrogen-bond acceptors (Lipinski definition) is 5. The van der Waals surface area contributed by atoms with Gasteiger partial charge in [-0.05, 0) is 86.8 Å². The number of phenols is 1. The average molecular weight is 668 g/mol. The normalized spacial score (nSPS) is 13.5. The Bertz CT molecular complexity index is 2280. The summed E-state index contributed by atoms with van der Waals surface area (Å²) in [5, 5.41) is 13.3. The number of unbranched alkanes of at least 4 members (excludes halogenated alkanes) is 1. The summed E-state index contributed by atoms with van der Waals surface area (Å²) in [6.45, 7) is 4.94. The molecule has 0 spiro atoms. The Balaban J connectivity index is 1.35. The van der Waals surface area contributed by atoms with Gasteiger partial charge in [0, 0.05) is 5.56 Å². The van der Waals surface area contributed by atoms with Gasteiger partial charge >= 0.3 is 6.01 Å². The fraction of sp³-hybridized carbons (Fsp3) is 0.196. The van der Waals surface area contributed by atoms with Crippen molar-refractivity contribution in [1.29, 1.82) is 0 Å². The number of ether oxygens (including phenoxy) is 1. The van der Waals surface area contributed by atoms with Crippen LogP contribution in [-0.2, 0) is 5.41 Å². The van der Waals surface area contributed by atoms with Crippen LogP contribution in [0.15, 0.2) is 140 Å². The molecule has 1 N–H and O–H groups in total. The minimum absolute atomic E-state index is 0.110. The van der Waals surface area contributed by atoms with Gasteiger partial charge in [-0.15, -0.1) is 0 Å². The molecule has 0 saturated carbocycles.